The molecule has 0 bridgehead atoms. The summed E-state index contributed by atoms with van der Waals surface area (Å²) in [4.78, 5) is 43.4. The first-order valence-electron chi connectivity index (χ1n) is 13.0. The molecule has 1 saturated heterocycles. The number of nitrogens with zero attached hydrogens (tertiary/aromatic N) is 3. The summed E-state index contributed by atoms with van der Waals surface area (Å²) in [6.07, 6.45) is 7.22. The molecule has 7 nitrogen and oxygen atoms in total. The van der Waals surface area contributed by atoms with Crippen molar-refractivity contribution in [1.82, 2.24) is 15.1 Å². The number of anilines is 1. The Morgan fingerprint density at radius 2 is 1.74 bits per heavy atom. The minimum Gasteiger partial charge on any atom is -0.350 e. The van der Waals surface area contributed by atoms with Crippen LogP contribution in [0, 0.1) is 5.92 Å². The Morgan fingerprint density at radius 3 is 2.41 bits per heavy atom. The summed E-state index contributed by atoms with van der Waals surface area (Å²) in [5, 5.41) is 2.97. The number of likely N-dealkylation sites (tertiary alicyclic amines) is 1. The van der Waals surface area contributed by atoms with E-state index in [0.717, 1.165) is 56.7 Å². The van der Waals surface area contributed by atoms with Crippen molar-refractivity contribution in [2.75, 3.05) is 44.2 Å². The largest absolute Gasteiger partial charge is 0.350 e. The molecule has 1 fully saturated rings. The van der Waals surface area contributed by atoms with Crippen LogP contribution in [0.15, 0.2) is 18.2 Å². The maximum Gasteiger partial charge on any atom is 0.251 e. The molecule has 0 aromatic heterocycles. The van der Waals surface area contributed by atoms with E-state index in [1.165, 1.54) is 19.3 Å². The van der Waals surface area contributed by atoms with Gasteiger partial charge in [-0.25, -0.2) is 0 Å². The van der Waals surface area contributed by atoms with Crippen LogP contribution < -0.4 is 10.2 Å². The Morgan fingerprint density at radius 1 is 1.00 bits per heavy atom. The van der Waals surface area contributed by atoms with Gasteiger partial charge in [0.1, 0.15) is 0 Å². The normalized spacial score (nSPS) is 18.4. The summed E-state index contributed by atoms with van der Waals surface area (Å²) in [6.45, 7) is 11.3. The first-order valence-corrected chi connectivity index (χ1v) is 13.0. The highest BCUT2D eigenvalue weighted by molar-refractivity contribution is 5.97. The smallest absolute Gasteiger partial charge is 0.251 e. The van der Waals surface area contributed by atoms with E-state index >= 15 is 0 Å². The zero-order valence-electron chi connectivity index (χ0n) is 21.3. The van der Waals surface area contributed by atoms with E-state index in [2.05, 4.69) is 24.1 Å². The number of hydrogen-bond acceptors (Lipinski definition) is 4. The van der Waals surface area contributed by atoms with Crippen LogP contribution in [0.25, 0.3) is 0 Å². The van der Waals surface area contributed by atoms with Gasteiger partial charge in [-0.3, -0.25) is 19.3 Å². The summed E-state index contributed by atoms with van der Waals surface area (Å²) >= 11 is 0. The minimum absolute atomic E-state index is 0.0428. The fourth-order valence-corrected chi connectivity index (χ4v) is 5.04. The van der Waals surface area contributed by atoms with Gasteiger partial charge in [-0.1, -0.05) is 33.1 Å². The van der Waals surface area contributed by atoms with Gasteiger partial charge in [0.15, 0.2) is 0 Å². The van der Waals surface area contributed by atoms with E-state index in [1.54, 1.807) is 6.92 Å². The molecule has 2 heterocycles. The maximum absolute atomic E-state index is 12.9. The molecule has 188 valence electrons. The number of carbonyl (C=O) groups excluding carboxylic acids is 3. The van der Waals surface area contributed by atoms with Crippen LogP contribution in [0.1, 0.15) is 81.6 Å². The highest BCUT2D eigenvalue weighted by atomic mass is 16.2. The first-order chi connectivity index (χ1) is 16.3. The third kappa shape index (κ3) is 7.55. The summed E-state index contributed by atoms with van der Waals surface area (Å²) in [7, 11) is 0. The highest BCUT2D eigenvalue weighted by Crippen LogP contribution is 2.26. The molecule has 0 aliphatic carbocycles. The zero-order chi connectivity index (χ0) is 24.5. The predicted octanol–water partition coefficient (Wildman–Crippen LogP) is 3.81. The van der Waals surface area contributed by atoms with Crippen LogP contribution in [-0.4, -0.2) is 66.8 Å². The van der Waals surface area contributed by atoms with Gasteiger partial charge in [0, 0.05) is 63.9 Å². The van der Waals surface area contributed by atoms with E-state index in [1.807, 2.05) is 28.0 Å². The van der Waals surface area contributed by atoms with E-state index in [9.17, 15) is 14.4 Å². The van der Waals surface area contributed by atoms with Crippen LogP contribution in [0.4, 0.5) is 5.69 Å². The quantitative estimate of drug-likeness (QED) is 0.686. The van der Waals surface area contributed by atoms with Crippen LogP contribution in [0.5, 0.6) is 0 Å². The van der Waals surface area contributed by atoms with Gasteiger partial charge in [0.2, 0.25) is 11.8 Å². The second-order valence-corrected chi connectivity index (χ2v) is 10.2. The monoisotopic (exact) mass is 470 g/mol. The summed E-state index contributed by atoms with van der Waals surface area (Å²) < 4.78 is 0. The Hall–Kier alpha value is -2.41. The second kappa shape index (κ2) is 12.9. The van der Waals surface area contributed by atoms with Crippen molar-refractivity contribution < 1.29 is 14.4 Å². The lowest BCUT2D eigenvalue weighted by atomic mass is 10.0. The van der Waals surface area contributed by atoms with Crippen molar-refractivity contribution in [2.45, 2.75) is 72.3 Å². The molecule has 2 aliphatic rings. The van der Waals surface area contributed by atoms with E-state index in [4.69, 9.17) is 0 Å². The number of hydrogen-bond donors (Lipinski definition) is 1. The Balaban J connectivity index is 1.80. The Kier molecular flexibility index (Phi) is 9.93. The zero-order valence-corrected chi connectivity index (χ0v) is 21.3. The molecular formula is C27H42N4O3. The van der Waals surface area contributed by atoms with Crippen molar-refractivity contribution in [3.05, 3.63) is 29.3 Å². The van der Waals surface area contributed by atoms with E-state index in [-0.39, 0.29) is 17.7 Å². The van der Waals surface area contributed by atoms with Crippen LogP contribution in [0.3, 0.4) is 0 Å². The number of benzene rings is 1. The molecule has 1 N–H and O–H groups in total. The maximum atomic E-state index is 12.9. The average Bonchev–Trinajstić information content (AvgIpc) is 3.18. The standard InChI is InChI=1S/C27H42N4O3/c1-21(2)19-29-14-7-5-4-6-8-16-31(22(3)32)25-12-11-23(18-24(25)20-29)27(34)28-13-17-30-15-9-10-26(30)33/h11-12,18,21H,4-10,13-17,19-20H2,1-3H3,(H,28,34). The molecule has 3 rings (SSSR count). The Labute approximate surface area is 204 Å². The molecule has 2 aliphatic heterocycles. The van der Waals surface area contributed by atoms with Gasteiger partial charge in [-0.15, -0.1) is 0 Å². The fraction of sp³-hybridized carbons (Fsp3) is 0.667. The summed E-state index contributed by atoms with van der Waals surface area (Å²) in [6, 6.07) is 5.72. The van der Waals surface area contributed by atoms with Gasteiger partial charge in [0.25, 0.3) is 5.91 Å². The molecule has 0 unspecified atom stereocenters. The predicted molar refractivity (Wildman–Crippen MR) is 136 cm³/mol. The van der Waals surface area contributed by atoms with Crippen LogP contribution in [-0.2, 0) is 16.1 Å². The van der Waals surface area contributed by atoms with Gasteiger partial charge < -0.3 is 15.1 Å². The summed E-state index contributed by atoms with van der Waals surface area (Å²) in [5.41, 5.74) is 2.55. The third-order valence-corrected chi connectivity index (χ3v) is 6.72. The summed E-state index contributed by atoms with van der Waals surface area (Å²) in [5.74, 6) is 0.621. The van der Waals surface area contributed by atoms with E-state index in [0.29, 0.717) is 37.5 Å². The molecular weight excluding hydrogens is 428 g/mol. The van der Waals surface area contributed by atoms with Crippen molar-refractivity contribution in [3.8, 4) is 0 Å². The average molecular weight is 471 g/mol. The Bertz CT molecular complexity index is 854. The molecule has 7 heteroatoms. The molecule has 34 heavy (non-hydrogen) atoms. The number of carbonyl (C=O) groups is 3. The second-order valence-electron chi connectivity index (χ2n) is 10.2. The topological polar surface area (TPSA) is 73.0 Å². The van der Waals surface area contributed by atoms with Gasteiger partial charge in [-0.2, -0.15) is 0 Å². The number of rotatable bonds is 6. The van der Waals surface area contributed by atoms with Crippen LogP contribution >= 0.6 is 0 Å². The lowest BCUT2D eigenvalue weighted by molar-refractivity contribution is -0.127. The number of fused-ring (bicyclic) bond motifs is 1. The van der Waals surface area contributed by atoms with Crippen molar-refractivity contribution in [2.24, 2.45) is 5.92 Å². The molecule has 0 spiro atoms. The lowest BCUT2D eigenvalue weighted by Gasteiger charge is -2.30. The fourth-order valence-electron chi connectivity index (χ4n) is 5.04. The number of nitrogens with one attached hydrogen (secondary N) is 1. The van der Waals surface area contributed by atoms with Gasteiger partial charge >= 0.3 is 0 Å². The lowest BCUT2D eigenvalue weighted by Crippen LogP contribution is -2.36. The highest BCUT2D eigenvalue weighted by Gasteiger charge is 2.22. The molecule has 3 amide bonds. The molecule has 0 atom stereocenters. The van der Waals surface area contributed by atoms with Crippen molar-refractivity contribution in [1.29, 1.82) is 0 Å². The molecule has 0 saturated carbocycles. The molecule has 1 aromatic rings. The molecule has 1 aromatic carbocycles. The van der Waals surface area contributed by atoms with Crippen molar-refractivity contribution >= 4 is 23.4 Å². The first kappa shape index (κ1) is 26.2. The van der Waals surface area contributed by atoms with Gasteiger partial charge in [0.05, 0.1) is 0 Å². The van der Waals surface area contributed by atoms with Crippen LogP contribution in [0.2, 0.25) is 0 Å². The third-order valence-electron chi connectivity index (χ3n) is 6.72. The SMILES string of the molecule is CC(=O)N1CCCCCCCN(CC(C)C)Cc2cc(C(=O)NCCN3CCCC3=O)ccc21. The number of amides is 3. The van der Waals surface area contributed by atoms with Crippen molar-refractivity contribution in [3.63, 3.8) is 0 Å². The molecule has 0 radical (unpaired) electrons. The minimum atomic E-state index is -0.134. The van der Waals surface area contributed by atoms with E-state index < -0.39 is 0 Å². The van der Waals surface area contributed by atoms with Gasteiger partial charge in [-0.05, 0) is 55.5 Å².